The molecule has 0 saturated carbocycles. The minimum absolute atomic E-state index is 0.101. The standard InChI is InChI=1S/C20H18N2O7/c1-3-28-15-9-4-6-11-10-13(20(26)29-17(11)15)19(25)22-21-18(24)12-7-5-8-14(27-2)16(12)23/h4-10,23H,3H2,1-2H3,(H,21,24)(H,22,25). The summed E-state index contributed by atoms with van der Waals surface area (Å²) in [6.45, 7) is 2.18. The van der Waals surface area contributed by atoms with Crippen LogP contribution in [0.4, 0.5) is 0 Å². The van der Waals surface area contributed by atoms with Gasteiger partial charge >= 0.3 is 5.63 Å². The fourth-order valence-corrected chi connectivity index (χ4v) is 2.66. The van der Waals surface area contributed by atoms with E-state index in [0.717, 1.165) is 0 Å². The number of amides is 2. The molecular weight excluding hydrogens is 380 g/mol. The first-order valence-electron chi connectivity index (χ1n) is 8.62. The van der Waals surface area contributed by atoms with Gasteiger partial charge in [-0.1, -0.05) is 18.2 Å². The Kier molecular flexibility index (Phi) is 5.68. The second-order valence-electron chi connectivity index (χ2n) is 5.82. The number of phenolic OH excluding ortho intramolecular Hbond substituents is 1. The SMILES string of the molecule is CCOc1cccc2cc(C(=O)NNC(=O)c3cccc(OC)c3O)c(=O)oc12. The summed E-state index contributed by atoms with van der Waals surface area (Å²) in [5, 5.41) is 10.5. The molecule has 3 N–H and O–H groups in total. The summed E-state index contributed by atoms with van der Waals surface area (Å²) in [6, 6.07) is 10.7. The van der Waals surface area contributed by atoms with E-state index < -0.39 is 17.4 Å². The van der Waals surface area contributed by atoms with Crippen LogP contribution < -0.4 is 26.0 Å². The number of para-hydroxylation sites is 2. The van der Waals surface area contributed by atoms with E-state index in [0.29, 0.717) is 17.7 Å². The van der Waals surface area contributed by atoms with E-state index in [1.54, 1.807) is 25.1 Å². The summed E-state index contributed by atoms with van der Waals surface area (Å²) in [5.41, 5.74) is 3.18. The Morgan fingerprint density at radius 3 is 2.38 bits per heavy atom. The Labute approximate surface area is 164 Å². The number of hydrogen-bond donors (Lipinski definition) is 3. The van der Waals surface area contributed by atoms with Crippen LogP contribution in [0.5, 0.6) is 17.2 Å². The number of aromatic hydroxyl groups is 1. The highest BCUT2D eigenvalue weighted by atomic mass is 16.5. The molecule has 9 nitrogen and oxygen atoms in total. The van der Waals surface area contributed by atoms with Crippen LogP contribution in [-0.4, -0.2) is 30.6 Å². The van der Waals surface area contributed by atoms with Gasteiger partial charge in [0.1, 0.15) is 5.56 Å². The minimum Gasteiger partial charge on any atom is -0.504 e. The molecule has 0 saturated heterocycles. The number of hydrogen-bond acceptors (Lipinski definition) is 7. The zero-order chi connectivity index (χ0) is 21.0. The van der Waals surface area contributed by atoms with E-state index in [-0.39, 0.29) is 28.2 Å². The van der Waals surface area contributed by atoms with Crippen molar-refractivity contribution >= 4 is 22.8 Å². The minimum atomic E-state index is -0.888. The molecule has 0 radical (unpaired) electrons. The highest BCUT2D eigenvalue weighted by Gasteiger charge is 2.18. The van der Waals surface area contributed by atoms with Crippen LogP contribution in [0.1, 0.15) is 27.6 Å². The van der Waals surface area contributed by atoms with Crippen LogP contribution in [0.25, 0.3) is 11.0 Å². The first-order chi connectivity index (χ1) is 14.0. The van der Waals surface area contributed by atoms with Gasteiger partial charge in [0.2, 0.25) is 0 Å². The maximum atomic E-state index is 12.4. The molecule has 0 atom stereocenters. The molecule has 0 aliphatic heterocycles. The number of rotatable bonds is 5. The van der Waals surface area contributed by atoms with Crippen molar-refractivity contribution in [2.75, 3.05) is 13.7 Å². The molecule has 1 heterocycles. The molecular formula is C20H18N2O7. The second-order valence-corrected chi connectivity index (χ2v) is 5.82. The normalized spacial score (nSPS) is 10.4. The fraction of sp³-hybridized carbons (Fsp3) is 0.150. The molecule has 9 heteroatoms. The maximum Gasteiger partial charge on any atom is 0.349 e. The summed E-state index contributed by atoms with van der Waals surface area (Å²) < 4.78 is 15.6. The van der Waals surface area contributed by atoms with Crippen molar-refractivity contribution in [1.29, 1.82) is 0 Å². The van der Waals surface area contributed by atoms with Crippen molar-refractivity contribution in [3.05, 3.63) is 64.0 Å². The summed E-state index contributed by atoms with van der Waals surface area (Å²) in [6.07, 6.45) is 0. The van der Waals surface area contributed by atoms with Crippen LogP contribution in [0.15, 0.2) is 51.7 Å². The lowest BCUT2D eigenvalue weighted by Gasteiger charge is -2.10. The Balaban J connectivity index is 1.81. The number of phenols is 1. The Morgan fingerprint density at radius 1 is 1.03 bits per heavy atom. The quantitative estimate of drug-likeness (QED) is 0.443. The number of benzene rings is 2. The van der Waals surface area contributed by atoms with Crippen LogP contribution in [0, 0.1) is 0 Å². The third-order valence-electron chi connectivity index (χ3n) is 4.02. The van der Waals surface area contributed by atoms with Crippen LogP contribution in [-0.2, 0) is 0 Å². The first-order valence-corrected chi connectivity index (χ1v) is 8.62. The number of hydrazine groups is 1. The van der Waals surface area contributed by atoms with Crippen LogP contribution in [0.2, 0.25) is 0 Å². The second kappa shape index (κ2) is 8.34. The molecule has 0 aliphatic carbocycles. The summed E-state index contributed by atoms with van der Waals surface area (Å²) >= 11 is 0. The summed E-state index contributed by atoms with van der Waals surface area (Å²) in [4.78, 5) is 36.8. The van der Waals surface area contributed by atoms with Gasteiger partial charge in [-0.25, -0.2) is 4.79 Å². The van der Waals surface area contributed by atoms with E-state index >= 15 is 0 Å². The number of carbonyl (C=O) groups is 2. The van der Waals surface area contributed by atoms with Crippen LogP contribution in [0.3, 0.4) is 0 Å². The predicted molar refractivity (Wildman–Crippen MR) is 103 cm³/mol. The molecule has 3 rings (SSSR count). The van der Waals surface area contributed by atoms with Gasteiger partial charge in [0.15, 0.2) is 22.8 Å². The zero-order valence-corrected chi connectivity index (χ0v) is 15.6. The Morgan fingerprint density at radius 2 is 1.69 bits per heavy atom. The van der Waals surface area contributed by atoms with E-state index in [4.69, 9.17) is 13.9 Å². The number of nitrogens with one attached hydrogen (secondary N) is 2. The monoisotopic (exact) mass is 398 g/mol. The molecule has 0 bridgehead atoms. The van der Waals surface area contributed by atoms with Crippen molar-refractivity contribution < 1.29 is 28.6 Å². The van der Waals surface area contributed by atoms with Gasteiger partial charge in [-0.05, 0) is 31.2 Å². The Bertz CT molecular complexity index is 1140. The Hall–Kier alpha value is -4.01. The molecule has 2 amide bonds. The largest absolute Gasteiger partial charge is 0.504 e. The molecule has 2 aromatic carbocycles. The number of carbonyl (C=O) groups excluding carboxylic acids is 2. The summed E-state index contributed by atoms with van der Waals surface area (Å²) in [7, 11) is 1.34. The van der Waals surface area contributed by atoms with Gasteiger partial charge in [0.25, 0.3) is 11.8 Å². The van der Waals surface area contributed by atoms with Crippen molar-refractivity contribution in [2.45, 2.75) is 6.92 Å². The van der Waals surface area contributed by atoms with Gasteiger partial charge in [0.05, 0.1) is 19.3 Å². The van der Waals surface area contributed by atoms with Gasteiger partial charge in [0, 0.05) is 5.39 Å². The number of fused-ring (bicyclic) bond motifs is 1. The van der Waals surface area contributed by atoms with Crippen molar-refractivity contribution in [3.8, 4) is 17.2 Å². The molecule has 0 fully saturated rings. The topological polar surface area (TPSA) is 127 Å². The third-order valence-corrected chi connectivity index (χ3v) is 4.02. The van der Waals surface area contributed by atoms with E-state index in [2.05, 4.69) is 10.9 Å². The summed E-state index contributed by atoms with van der Waals surface area (Å²) in [5.74, 6) is -1.56. The van der Waals surface area contributed by atoms with Crippen molar-refractivity contribution in [1.82, 2.24) is 10.9 Å². The highest BCUT2D eigenvalue weighted by Crippen LogP contribution is 2.29. The molecule has 0 spiro atoms. The maximum absolute atomic E-state index is 12.4. The van der Waals surface area contributed by atoms with Crippen LogP contribution >= 0.6 is 0 Å². The lowest BCUT2D eigenvalue weighted by atomic mass is 10.1. The van der Waals surface area contributed by atoms with Gasteiger partial charge < -0.3 is 19.0 Å². The molecule has 3 aromatic rings. The average molecular weight is 398 g/mol. The molecule has 29 heavy (non-hydrogen) atoms. The first kappa shape index (κ1) is 19.7. The zero-order valence-electron chi connectivity index (χ0n) is 15.6. The number of methoxy groups -OCH3 is 1. The van der Waals surface area contributed by atoms with E-state index in [1.807, 2.05) is 0 Å². The molecule has 1 aromatic heterocycles. The van der Waals surface area contributed by atoms with Crippen molar-refractivity contribution in [3.63, 3.8) is 0 Å². The smallest absolute Gasteiger partial charge is 0.349 e. The molecule has 0 unspecified atom stereocenters. The lowest BCUT2D eigenvalue weighted by molar-refractivity contribution is 0.0842. The molecule has 150 valence electrons. The van der Waals surface area contributed by atoms with E-state index in [1.165, 1.54) is 31.4 Å². The van der Waals surface area contributed by atoms with Gasteiger partial charge in [-0.15, -0.1) is 0 Å². The number of ether oxygens (including phenoxy) is 2. The van der Waals surface area contributed by atoms with Crippen molar-refractivity contribution in [2.24, 2.45) is 0 Å². The average Bonchev–Trinajstić information content (AvgIpc) is 2.72. The van der Waals surface area contributed by atoms with E-state index in [9.17, 15) is 19.5 Å². The highest BCUT2D eigenvalue weighted by molar-refractivity contribution is 6.01. The lowest BCUT2D eigenvalue weighted by Crippen LogP contribution is -2.43. The predicted octanol–water partition coefficient (Wildman–Crippen LogP) is 1.98. The fourth-order valence-electron chi connectivity index (χ4n) is 2.66. The molecule has 0 aliphatic rings. The van der Waals surface area contributed by atoms with Gasteiger partial charge in [-0.2, -0.15) is 0 Å². The third kappa shape index (κ3) is 3.98. The van der Waals surface area contributed by atoms with Gasteiger partial charge in [-0.3, -0.25) is 20.4 Å².